The van der Waals surface area contributed by atoms with Gasteiger partial charge >= 0.3 is 0 Å². The lowest BCUT2D eigenvalue weighted by atomic mass is 9.94. The van der Waals surface area contributed by atoms with Crippen LogP contribution in [-0.2, 0) is 16.0 Å². The van der Waals surface area contributed by atoms with Crippen LogP contribution in [0.15, 0.2) is 59.3 Å². The Labute approximate surface area is 214 Å². The third-order valence-electron chi connectivity index (χ3n) is 6.65. The molecule has 1 atom stereocenters. The topological polar surface area (TPSA) is 67.9 Å². The van der Waals surface area contributed by atoms with Gasteiger partial charge in [0.2, 0.25) is 11.8 Å². The van der Waals surface area contributed by atoms with Gasteiger partial charge in [-0.2, -0.15) is 11.3 Å². The van der Waals surface area contributed by atoms with Crippen LogP contribution in [0.2, 0.25) is 0 Å². The number of fused-ring (bicyclic) bond motifs is 1. The fourth-order valence-electron chi connectivity index (χ4n) is 4.86. The van der Waals surface area contributed by atoms with Gasteiger partial charge in [-0.25, -0.2) is 4.39 Å². The highest BCUT2D eigenvalue weighted by molar-refractivity contribution is 7.08. The van der Waals surface area contributed by atoms with Crippen molar-refractivity contribution in [1.29, 1.82) is 0 Å². The van der Waals surface area contributed by atoms with Gasteiger partial charge in [0.1, 0.15) is 25.1 Å². The number of ether oxygens (including phenoxy) is 2. The molecule has 188 valence electrons. The SMILES string of the molecule is O=C(NC1CCCCC1)C(c1ccc(F)cc1)N(C(=O)Cc1ccsc1)c1ccc2c(c1)OCCO2. The summed E-state index contributed by atoms with van der Waals surface area (Å²) in [6, 6.07) is 12.0. The van der Waals surface area contributed by atoms with Crippen LogP contribution in [0.25, 0.3) is 0 Å². The number of carbonyl (C=O) groups excluding carboxylic acids is 2. The van der Waals surface area contributed by atoms with Gasteiger partial charge in [0.05, 0.1) is 6.42 Å². The first kappa shape index (κ1) is 24.3. The molecular weight excluding hydrogens is 479 g/mol. The first-order valence-corrected chi connectivity index (χ1v) is 13.3. The van der Waals surface area contributed by atoms with Crippen LogP contribution >= 0.6 is 11.3 Å². The fourth-order valence-corrected chi connectivity index (χ4v) is 5.53. The summed E-state index contributed by atoms with van der Waals surface area (Å²) in [6.45, 7) is 0.859. The smallest absolute Gasteiger partial charge is 0.248 e. The Kier molecular flexibility index (Phi) is 7.51. The van der Waals surface area contributed by atoms with Crippen LogP contribution in [0.5, 0.6) is 11.5 Å². The van der Waals surface area contributed by atoms with Crippen LogP contribution < -0.4 is 19.7 Å². The summed E-state index contributed by atoms with van der Waals surface area (Å²) in [5.41, 5.74) is 1.93. The van der Waals surface area contributed by atoms with Crippen LogP contribution in [0.3, 0.4) is 0 Å². The Morgan fingerprint density at radius 3 is 2.47 bits per heavy atom. The monoisotopic (exact) mass is 508 g/mol. The van der Waals surface area contributed by atoms with Crippen molar-refractivity contribution < 1.29 is 23.5 Å². The van der Waals surface area contributed by atoms with E-state index in [-0.39, 0.29) is 24.3 Å². The number of thiophene rings is 1. The second-order valence-corrected chi connectivity index (χ2v) is 9.98. The Morgan fingerprint density at radius 2 is 1.75 bits per heavy atom. The van der Waals surface area contributed by atoms with Crippen molar-refractivity contribution in [3.05, 3.63) is 76.2 Å². The molecule has 2 aromatic carbocycles. The molecule has 1 aromatic heterocycles. The summed E-state index contributed by atoms with van der Waals surface area (Å²) in [5.74, 6) is 0.207. The van der Waals surface area contributed by atoms with E-state index >= 15 is 0 Å². The molecule has 1 saturated carbocycles. The second kappa shape index (κ2) is 11.1. The molecule has 1 N–H and O–H groups in total. The average Bonchev–Trinajstić information content (AvgIpc) is 3.41. The minimum Gasteiger partial charge on any atom is -0.486 e. The summed E-state index contributed by atoms with van der Waals surface area (Å²) in [6.07, 6.45) is 5.25. The van der Waals surface area contributed by atoms with Gasteiger partial charge in [0.25, 0.3) is 0 Å². The normalized spacial score (nSPS) is 16.2. The van der Waals surface area contributed by atoms with Crippen molar-refractivity contribution in [2.75, 3.05) is 18.1 Å². The number of carbonyl (C=O) groups is 2. The van der Waals surface area contributed by atoms with Gasteiger partial charge < -0.3 is 14.8 Å². The predicted octanol–water partition coefficient (Wildman–Crippen LogP) is 5.42. The minimum atomic E-state index is -0.971. The average molecular weight is 509 g/mol. The number of nitrogens with one attached hydrogen (secondary N) is 1. The molecule has 1 aliphatic carbocycles. The Bertz CT molecular complexity index is 1190. The van der Waals surface area contributed by atoms with Crippen molar-refractivity contribution >= 4 is 28.8 Å². The number of amides is 2. The summed E-state index contributed by atoms with van der Waals surface area (Å²) >= 11 is 1.52. The van der Waals surface area contributed by atoms with Crippen molar-refractivity contribution in [2.24, 2.45) is 0 Å². The van der Waals surface area contributed by atoms with E-state index in [4.69, 9.17) is 9.47 Å². The molecule has 0 spiro atoms. The zero-order chi connectivity index (χ0) is 24.9. The molecule has 1 aliphatic heterocycles. The number of benzene rings is 2. The Morgan fingerprint density at radius 1 is 1.00 bits per heavy atom. The standard InChI is InChI=1S/C28H29FN2O4S/c29-21-8-6-20(7-9-21)27(28(33)30-22-4-2-1-3-5-22)31(26(32)16-19-12-15-36-18-19)23-10-11-24-25(17-23)35-14-13-34-24/h6-12,15,17-18,22,27H,1-5,13-14,16H2,(H,30,33). The van der Waals surface area contributed by atoms with E-state index in [2.05, 4.69) is 5.32 Å². The lowest BCUT2D eigenvalue weighted by Crippen LogP contribution is -2.47. The van der Waals surface area contributed by atoms with Gasteiger partial charge in [-0.3, -0.25) is 14.5 Å². The molecule has 3 aromatic rings. The molecule has 5 rings (SSSR count). The van der Waals surface area contributed by atoms with Crippen molar-refractivity contribution in [1.82, 2.24) is 5.32 Å². The van der Waals surface area contributed by atoms with Crippen LogP contribution in [-0.4, -0.2) is 31.1 Å². The summed E-state index contributed by atoms with van der Waals surface area (Å²) in [5, 5.41) is 7.02. The van der Waals surface area contributed by atoms with Crippen molar-refractivity contribution in [3.8, 4) is 11.5 Å². The van der Waals surface area contributed by atoms with E-state index in [9.17, 15) is 14.0 Å². The van der Waals surface area contributed by atoms with Crippen molar-refractivity contribution in [3.63, 3.8) is 0 Å². The molecule has 1 fully saturated rings. The number of hydrogen-bond donors (Lipinski definition) is 1. The molecule has 2 heterocycles. The van der Waals surface area contributed by atoms with Gasteiger partial charge in [-0.05, 0) is 65.1 Å². The first-order chi connectivity index (χ1) is 17.6. The number of nitrogens with zero attached hydrogens (tertiary/aromatic N) is 1. The molecule has 36 heavy (non-hydrogen) atoms. The number of hydrogen-bond acceptors (Lipinski definition) is 5. The van der Waals surface area contributed by atoms with Gasteiger partial charge in [0.15, 0.2) is 11.5 Å². The third-order valence-corrected chi connectivity index (χ3v) is 7.38. The minimum absolute atomic E-state index is 0.0586. The highest BCUT2D eigenvalue weighted by Crippen LogP contribution is 2.37. The zero-order valence-electron chi connectivity index (χ0n) is 20.0. The molecule has 2 amide bonds. The van der Waals surface area contributed by atoms with E-state index in [0.29, 0.717) is 36.0 Å². The zero-order valence-corrected chi connectivity index (χ0v) is 20.8. The summed E-state index contributed by atoms with van der Waals surface area (Å²) in [4.78, 5) is 29.2. The molecule has 0 bridgehead atoms. The van der Waals surface area contributed by atoms with E-state index in [1.165, 1.54) is 28.4 Å². The van der Waals surface area contributed by atoms with E-state index in [1.54, 1.807) is 30.3 Å². The summed E-state index contributed by atoms with van der Waals surface area (Å²) < 4.78 is 25.3. The number of anilines is 1. The van der Waals surface area contributed by atoms with Gasteiger partial charge in [0, 0.05) is 17.8 Å². The Hall–Kier alpha value is -3.39. The molecule has 6 nitrogen and oxygen atoms in total. The predicted molar refractivity (Wildman–Crippen MR) is 137 cm³/mol. The number of halogens is 1. The highest BCUT2D eigenvalue weighted by Gasteiger charge is 2.35. The quantitative estimate of drug-likeness (QED) is 0.463. The first-order valence-electron chi connectivity index (χ1n) is 12.4. The molecule has 0 saturated heterocycles. The van der Waals surface area contributed by atoms with E-state index in [0.717, 1.165) is 37.7 Å². The molecule has 0 radical (unpaired) electrons. The highest BCUT2D eigenvalue weighted by atomic mass is 32.1. The van der Waals surface area contributed by atoms with Crippen LogP contribution in [0.1, 0.15) is 49.3 Å². The maximum absolute atomic E-state index is 13.9. The fraction of sp³-hybridized carbons (Fsp3) is 0.357. The molecule has 8 heteroatoms. The summed E-state index contributed by atoms with van der Waals surface area (Å²) in [7, 11) is 0. The van der Waals surface area contributed by atoms with Gasteiger partial charge in [-0.1, -0.05) is 31.4 Å². The molecule has 2 aliphatic rings. The maximum Gasteiger partial charge on any atom is 0.248 e. The third kappa shape index (κ3) is 5.54. The number of rotatable bonds is 7. The van der Waals surface area contributed by atoms with Crippen LogP contribution in [0, 0.1) is 5.82 Å². The molecule has 1 unspecified atom stereocenters. The second-order valence-electron chi connectivity index (χ2n) is 9.20. The van der Waals surface area contributed by atoms with Crippen LogP contribution in [0.4, 0.5) is 10.1 Å². The molecular formula is C28H29FN2O4S. The van der Waals surface area contributed by atoms with E-state index in [1.807, 2.05) is 16.8 Å². The lowest BCUT2D eigenvalue weighted by Gasteiger charge is -2.34. The lowest BCUT2D eigenvalue weighted by molar-refractivity contribution is -0.127. The Balaban J connectivity index is 1.56. The van der Waals surface area contributed by atoms with Crippen molar-refractivity contribution in [2.45, 2.75) is 50.6 Å². The largest absolute Gasteiger partial charge is 0.486 e. The van der Waals surface area contributed by atoms with Gasteiger partial charge in [-0.15, -0.1) is 0 Å². The maximum atomic E-state index is 13.9. The van der Waals surface area contributed by atoms with E-state index < -0.39 is 11.9 Å².